The molecule has 5 heteroatoms. The summed E-state index contributed by atoms with van der Waals surface area (Å²) >= 11 is 1.48. The van der Waals surface area contributed by atoms with Gasteiger partial charge in [0.2, 0.25) is 0 Å². The number of benzene rings is 3. The molecule has 30 heavy (non-hydrogen) atoms. The number of amides is 1. The lowest BCUT2D eigenvalue weighted by molar-refractivity contribution is -0.118. The largest absolute Gasteiger partial charge is 0.457 e. The molecule has 1 aliphatic rings. The molecular formula is C25H18N2O2S. The van der Waals surface area contributed by atoms with Crippen molar-refractivity contribution in [2.75, 3.05) is 0 Å². The molecule has 1 aromatic heterocycles. The SMILES string of the molecule is C#CCn1c(=NC(=O)C2c3ccccc3Oc3ccccc32)sc2cc(C)ccc21. The number of rotatable bonds is 2. The van der Waals surface area contributed by atoms with Gasteiger partial charge in [0.25, 0.3) is 5.91 Å². The Morgan fingerprint density at radius 1 is 1.10 bits per heavy atom. The monoisotopic (exact) mass is 410 g/mol. The molecule has 3 aromatic carbocycles. The van der Waals surface area contributed by atoms with E-state index in [-0.39, 0.29) is 5.91 Å². The Labute approximate surface area is 178 Å². The van der Waals surface area contributed by atoms with E-state index in [1.54, 1.807) is 0 Å². The topological polar surface area (TPSA) is 43.6 Å². The molecule has 0 spiro atoms. The highest BCUT2D eigenvalue weighted by Gasteiger charge is 2.32. The molecule has 0 bridgehead atoms. The molecule has 0 atom stereocenters. The third-order valence-electron chi connectivity index (χ3n) is 5.22. The van der Waals surface area contributed by atoms with Crippen molar-refractivity contribution in [2.24, 2.45) is 4.99 Å². The molecule has 1 amide bonds. The van der Waals surface area contributed by atoms with Crippen LogP contribution in [0.1, 0.15) is 22.6 Å². The van der Waals surface area contributed by atoms with E-state index in [9.17, 15) is 4.79 Å². The van der Waals surface area contributed by atoms with E-state index < -0.39 is 5.92 Å². The summed E-state index contributed by atoms with van der Waals surface area (Å²) in [5.74, 6) is 3.31. The average molecular weight is 410 g/mol. The van der Waals surface area contributed by atoms with Crippen LogP contribution in [0.2, 0.25) is 0 Å². The summed E-state index contributed by atoms with van der Waals surface area (Å²) in [6.45, 7) is 2.40. The molecule has 5 rings (SSSR count). The van der Waals surface area contributed by atoms with Crippen molar-refractivity contribution in [1.82, 2.24) is 4.57 Å². The van der Waals surface area contributed by atoms with Gasteiger partial charge in [-0.25, -0.2) is 0 Å². The minimum Gasteiger partial charge on any atom is -0.457 e. The highest BCUT2D eigenvalue weighted by molar-refractivity contribution is 7.16. The van der Waals surface area contributed by atoms with Crippen molar-refractivity contribution in [3.8, 4) is 23.8 Å². The van der Waals surface area contributed by atoms with E-state index in [1.807, 2.05) is 72.2 Å². The van der Waals surface area contributed by atoms with Crippen LogP contribution >= 0.6 is 11.3 Å². The first-order valence-corrected chi connectivity index (χ1v) is 10.4. The lowest BCUT2D eigenvalue weighted by Crippen LogP contribution is -2.22. The Hall–Kier alpha value is -3.62. The number of fused-ring (bicyclic) bond motifs is 3. The first-order chi connectivity index (χ1) is 14.7. The van der Waals surface area contributed by atoms with Gasteiger partial charge in [0, 0.05) is 11.1 Å². The van der Waals surface area contributed by atoms with Crippen LogP contribution < -0.4 is 9.54 Å². The summed E-state index contributed by atoms with van der Waals surface area (Å²) < 4.78 is 8.99. The fraction of sp³-hybridized carbons (Fsp3) is 0.120. The van der Waals surface area contributed by atoms with Crippen LogP contribution in [0, 0.1) is 19.3 Å². The van der Waals surface area contributed by atoms with Gasteiger partial charge >= 0.3 is 0 Å². The van der Waals surface area contributed by atoms with Crippen LogP contribution in [0.15, 0.2) is 71.7 Å². The zero-order valence-electron chi connectivity index (χ0n) is 16.3. The van der Waals surface area contributed by atoms with Gasteiger partial charge in [-0.1, -0.05) is 59.7 Å². The molecule has 146 valence electrons. The maximum absolute atomic E-state index is 13.5. The lowest BCUT2D eigenvalue weighted by atomic mass is 9.87. The molecule has 0 saturated carbocycles. The van der Waals surface area contributed by atoms with Crippen molar-refractivity contribution in [2.45, 2.75) is 19.4 Å². The standard InChI is InChI=1S/C25H18N2O2S/c1-3-14-27-19-13-12-16(2)15-22(19)30-25(27)26-24(28)23-17-8-4-6-10-20(17)29-21-11-7-5-9-18(21)23/h1,4-13,15,23H,14H2,2H3. The molecule has 1 aliphatic heterocycles. The summed E-state index contributed by atoms with van der Waals surface area (Å²) in [6.07, 6.45) is 5.60. The maximum Gasteiger partial charge on any atom is 0.260 e. The zero-order valence-corrected chi connectivity index (χ0v) is 17.1. The number of aromatic nitrogens is 1. The van der Waals surface area contributed by atoms with Crippen molar-refractivity contribution in [3.05, 3.63) is 88.2 Å². The number of carbonyl (C=O) groups excluding carboxylic acids is 1. The molecule has 4 aromatic rings. The maximum atomic E-state index is 13.5. The highest BCUT2D eigenvalue weighted by Crippen LogP contribution is 2.44. The number of hydrogen-bond acceptors (Lipinski definition) is 3. The number of ether oxygens (including phenoxy) is 1. The third kappa shape index (κ3) is 3.02. The van der Waals surface area contributed by atoms with Crippen LogP contribution in [0.3, 0.4) is 0 Å². The van der Waals surface area contributed by atoms with E-state index in [0.717, 1.165) is 26.9 Å². The van der Waals surface area contributed by atoms with Gasteiger partial charge in [-0.2, -0.15) is 4.99 Å². The third-order valence-corrected chi connectivity index (χ3v) is 6.26. The Morgan fingerprint density at radius 2 is 1.77 bits per heavy atom. The predicted octanol–water partition coefficient (Wildman–Crippen LogP) is 5.01. The van der Waals surface area contributed by atoms with E-state index >= 15 is 0 Å². The van der Waals surface area contributed by atoms with Gasteiger partial charge < -0.3 is 9.30 Å². The summed E-state index contributed by atoms with van der Waals surface area (Å²) in [6, 6.07) is 21.4. The molecule has 0 saturated heterocycles. The van der Waals surface area contributed by atoms with Crippen molar-refractivity contribution in [3.63, 3.8) is 0 Å². The summed E-state index contributed by atoms with van der Waals surface area (Å²) in [5.41, 5.74) is 3.79. The van der Waals surface area contributed by atoms with E-state index in [2.05, 4.69) is 17.0 Å². The molecule has 0 N–H and O–H groups in total. The number of carbonyl (C=O) groups is 1. The Balaban J connectivity index is 1.69. The van der Waals surface area contributed by atoms with Crippen molar-refractivity contribution in [1.29, 1.82) is 0 Å². The molecular weight excluding hydrogens is 392 g/mol. The minimum atomic E-state index is -0.516. The summed E-state index contributed by atoms with van der Waals surface area (Å²) in [4.78, 5) is 18.7. The Morgan fingerprint density at radius 3 is 2.43 bits per heavy atom. The number of thiazole rings is 1. The van der Waals surface area contributed by atoms with Gasteiger partial charge in [0.15, 0.2) is 4.80 Å². The number of para-hydroxylation sites is 2. The average Bonchev–Trinajstić information content (AvgIpc) is 3.08. The van der Waals surface area contributed by atoms with Gasteiger partial charge in [0.1, 0.15) is 11.5 Å². The molecule has 0 aliphatic carbocycles. The number of terminal acetylenes is 1. The zero-order chi connectivity index (χ0) is 20.7. The van der Waals surface area contributed by atoms with E-state index in [1.165, 1.54) is 11.3 Å². The molecule has 4 nitrogen and oxygen atoms in total. The quantitative estimate of drug-likeness (QED) is 0.436. The second kappa shape index (κ2) is 7.33. The van der Waals surface area contributed by atoms with Crippen molar-refractivity contribution >= 4 is 27.5 Å². The molecule has 0 fully saturated rings. The molecule has 0 radical (unpaired) electrons. The van der Waals surface area contributed by atoms with Crippen LogP contribution in [0.4, 0.5) is 0 Å². The van der Waals surface area contributed by atoms with Gasteiger partial charge in [0.05, 0.1) is 22.7 Å². The molecule has 2 heterocycles. The smallest absolute Gasteiger partial charge is 0.260 e. The fourth-order valence-corrected chi connectivity index (χ4v) is 4.98. The summed E-state index contributed by atoms with van der Waals surface area (Å²) in [7, 11) is 0. The van der Waals surface area contributed by atoms with Crippen molar-refractivity contribution < 1.29 is 9.53 Å². The Kier molecular flexibility index (Phi) is 4.50. The van der Waals surface area contributed by atoms with Gasteiger partial charge in [-0.05, 0) is 36.8 Å². The Bertz CT molecular complexity index is 1360. The second-order valence-corrected chi connectivity index (χ2v) is 8.22. The van der Waals surface area contributed by atoms with E-state index in [4.69, 9.17) is 11.2 Å². The number of hydrogen-bond donors (Lipinski definition) is 0. The van der Waals surface area contributed by atoms with Gasteiger partial charge in [-0.3, -0.25) is 4.79 Å². The normalized spacial score (nSPS) is 13.4. The van der Waals surface area contributed by atoms with Crippen LogP contribution in [0.25, 0.3) is 10.2 Å². The summed E-state index contributed by atoms with van der Waals surface area (Å²) in [5, 5.41) is 0. The van der Waals surface area contributed by atoms with Gasteiger partial charge in [-0.15, -0.1) is 6.42 Å². The second-order valence-electron chi connectivity index (χ2n) is 7.21. The van der Waals surface area contributed by atoms with E-state index in [0.29, 0.717) is 22.8 Å². The fourth-order valence-electron chi connectivity index (χ4n) is 3.84. The molecule has 0 unspecified atom stereocenters. The predicted molar refractivity (Wildman–Crippen MR) is 119 cm³/mol. The number of nitrogens with zero attached hydrogens (tertiary/aromatic N) is 2. The first kappa shape index (κ1) is 18.4. The first-order valence-electron chi connectivity index (χ1n) is 9.63. The lowest BCUT2D eigenvalue weighted by Gasteiger charge is -2.25. The highest BCUT2D eigenvalue weighted by atomic mass is 32.1. The minimum absolute atomic E-state index is 0.229. The van der Waals surface area contributed by atoms with Crippen LogP contribution in [-0.4, -0.2) is 10.5 Å². The van der Waals surface area contributed by atoms with Crippen LogP contribution in [0.5, 0.6) is 11.5 Å². The van der Waals surface area contributed by atoms with Crippen LogP contribution in [-0.2, 0) is 11.3 Å². The number of aryl methyl sites for hydroxylation is 1.